The highest BCUT2D eigenvalue weighted by Gasteiger charge is 2.24. The molecule has 1 aromatic heterocycles. The van der Waals surface area contributed by atoms with Crippen molar-refractivity contribution in [2.75, 3.05) is 5.32 Å². The Morgan fingerprint density at radius 1 is 1.12 bits per heavy atom. The lowest BCUT2D eigenvalue weighted by Gasteiger charge is -2.22. The Hall–Kier alpha value is -3.36. The van der Waals surface area contributed by atoms with Crippen molar-refractivity contribution in [3.05, 3.63) is 36.1 Å². The molecule has 9 nitrogen and oxygen atoms in total. The van der Waals surface area contributed by atoms with E-state index in [9.17, 15) is 19.5 Å². The van der Waals surface area contributed by atoms with E-state index in [1.54, 1.807) is 24.3 Å². The fourth-order valence-corrected chi connectivity index (χ4v) is 3.76. The first-order chi connectivity index (χ1) is 15.3. The van der Waals surface area contributed by atoms with Crippen LogP contribution in [-0.4, -0.2) is 40.3 Å². The number of amides is 3. The summed E-state index contributed by atoms with van der Waals surface area (Å²) in [6.45, 7) is 3.76. The summed E-state index contributed by atoms with van der Waals surface area (Å²) in [5, 5.41) is 21.5. The maximum atomic E-state index is 12.4. The number of rotatable bonds is 8. The Balaban J connectivity index is 1.57. The van der Waals surface area contributed by atoms with Crippen molar-refractivity contribution in [2.24, 2.45) is 5.92 Å². The van der Waals surface area contributed by atoms with Crippen molar-refractivity contribution in [1.82, 2.24) is 15.8 Å². The van der Waals surface area contributed by atoms with Gasteiger partial charge in [0.25, 0.3) is 5.91 Å². The monoisotopic (exact) mass is 442 g/mol. The van der Waals surface area contributed by atoms with E-state index in [1.807, 2.05) is 13.8 Å². The number of carboxylic acid groups (broad SMARTS) is 1. The number of anilines is 1. The third-order valence-electron chi connectivity index (χ3n) is 5.42. The summed E-state index contributed by atoms with van der Waals surface area (Å²) in [6, 6.07) is 7.47. The molecule has 0 unspecified atom stereocenters. The van der Waals surface area contributed by atoms with Crippen LogP contribution in [0.5, 0.6) is 0 Å². The van der Waals surface area contributed by atoms with Crippen LogP contribution in [0.1, 0.15) is 62.9 Å². The van der Waals surface area contributed by atoms with Crippen LogP contribution in [0, 0.1) is 5.92 Å². The van der Waals surface area contributed by atoms with Crippen LogP contribution >= 0.6 is 0 Å². The molecule has 1 heterocycles. The summed E-state index contributed by atoms with van der Waals surface area (Å²) in [6.07, 6.45) is 5.85. The molecule has 0 saturated heterocycles. The number of hydrogen-bond acceptors (Lipinski definition) is 5. The Labute approximate surface area is 186 Å². The van der Waals surface area contributed by atoms with Crippen molar-refractivity contribution in [2.45, 2.75) is 64.5 Å². The van der Waals surface area contributed by atoms with Gasteiger partial charge >= 0.3 is 12.0 Å². The minimum Gasteiger partial charge on any atom is -0.480 e. The molecule has 32 heavy (non-hydrogen) atoms. The summed E-state index contributed by atoms with van der Waals surface area (Å²) >= 11 is 0. The molecule has 1 atom stereocenters. The topological polar surface area (TPSA) is 134 Å². The van der Waals surface area contributed by atoms with E-state index in [-0.39, 0.29) is 23.8 Å². The Bertz CT molecular complexity index is 932. The molecule has 3 rings (SSSR count). The number of benzene rings is 1. The van der Waals surface area contributed by atoms with E-state index in [0.717, 1.165) is 25.7 Å². The van der Waals surface area contributed by atoms with Gasteiger partial charge in [0.2, 0.25) is 5.76 Å². The first-order valence-corrected chi connectivity index (χ1v) is 11.0. The van der Waals surface area contributed by atoms with Crippen LogP contribution in [0.25, 0.3) is 11.3 Å². The van der Waals surface area contributed by atoms with Crippen LogP contribution in [0.15, 0.2) is 34.9 Å². The van der Waals surface area contributed by atoms with Gasteiger partial charge in [-0.25, -0.2) is 9.59 Å². The van der Waals surface area contributed by atoms with Crippen LogP contribution in [0.4, 0.5) is 10.5 Å². The quantitative estimate of drug-likeness (QED) is 0.488. The lowest BCUT2D eigenvalue weighted by Crippen LogP contribution is -2.41. The number of aliphatic carboxylic acids is 1. The molecule has 0 radical (unpaired) electrons. The van der Waals surface area contributed by atoms with E-state index in [2.05, 4.69) is 21.1 Å². The molecule has 1 saturated carbocycles. The first kappa shape index (κ1) is 23.3. The molecule has 9 heteroatoms. The van der Waals surface area contributed by atoms with Gasteiger partial charge < -0.3 is 25.6 Å². The minimum atomic E-state index is -1.09. The lowest BCUT2D eigenvalue weighted by molar-refractivity contribution is -0.139. The predicted molar refractivity (Wildman–Crippen MR) is 119 cm³/mol. The maximum Gasteiger partial charge on any atom is 0.326 e. The molecule has 0 bridgehead atoms. The molecular weight excluding hydrogens is 412 g/mol. The van der Waals surface area contributed by atoms with E-state index in [0.29, 0.717) is 23.4 Å². The molecule has 0 spiro atoms. The second-order valence-corrected chi connectivity index (χ2v) is 8.58. The van der Waals surface area contributed by atoms with Gasteiger partial charge in [-0.15, -0.1) is 0 Å². The van der Waals surface area contributed by atoms with Gasteiger partial charge in [-0.05, 0) is 37.3 Å². The maximum absolute atomic E-state index is 12.4. The zero-order valence-corrected chi connectivity index (χ0v) is 18.4. The normalized spacial score (nSPS) is 15.2. The van der Waals surface area contributed by atoms with E-state index >= 15 is 0 Å². The highest BCUT2D eigenvalue weighted by atomic mass is 16.5. The molecule has 1 aliphatic rings. The smallest absolute Gasteiger partial charge is 0.326 e. The summed E-state index contributed by atoms with van der Waals surface area (Å²) < 4.78 is 5.11. The molecular formula is C23H30N4O5. The molecule has 4 N–H and O–H groups in total. The van der Waals surface area contributed by atoms with Gasteiger partial charge in [-0.2, -0.15) is 0 Å². The van der Waals surface area contributed by atoms with Crippen molar-refractivity contribution in [3.8, 4) is 11.3 Å². The highest BCUT2D eigenvalue weighted by Crippen LogP contribution is 2.22. The SMILES string of the molecule is CC(C)C[C@H](NC(=O)c1cc(-c2ccc(NC(=O)NC3CCCCC3)cc2)no1)C(=O)O. The summed E-state index contributed by atoms with van der Waals surface area (Å²) in [4.78, 5) is 35.9. The van der Waals surface area contributed by atoms with Crippen LogP contribution in [-0.2, 0) is 4.79 Å². The Morgan fingerprint density at radius 3 is 2.44 bits per heavy atom. The van der Waals surface area contributed by atoms with E-state index < -0.39 is 17.9 Å². The van der Waals surface area contributed by atoms with Gasteiger partial charge in [0, 0.05) is 23.4 Å². The molecule has 3 amide bonds. The van der Waals surface area contributed by atoms with Gasteiger partial charge in [0.15, 0.2) is 0 Å². The summed E-state index contributed by atoms with van der Waals surface area (Å²) in [7, 11) is 0. The van der Waals surface area contributed by atoms with E-state index in [4.69, 9.17) is 4.52 Å². The number of nitrogens with one attached hydrogen (secondary N) is 3. The number of carboxylic acids is 1. The fraction of sp³-hybridized carbons (Fsp3) is 0.478. The van der Waals surface area contributed by atoms with Gasteiger partial charge in [0.1, 0.15) is 11.7 Å². The summed E-state index contributed by atoms with van der Waals surface area (Å²) in [5.74, 6) is -1.68. The summed E-state index contributed by atoms with van der Waals surface area (Å²) in [5.41, 5.74) is 1.77. The average molecular weight is 443 g/mol. The van der Waals surface area contributed by atoms with Crippen LogP contribution in [0.3, 0.4) is 0 Å². The van der Waals surface area contributed by atoms with Crippen LogP contribution in [0.2, 0.25) is 0 Å². The van der Waals surface area contributed by atoms with Crippen molar-refractivity contribution >= 4 is 23.6 Å². The predicted octanol–water partition coefficient (Wildman–Crippen LogP) is 4.02. The van der Waals surface area contributed by atoms with Crippen LogP contribution < -0.4 is 16.0 Å². The number of hydrogen-bond donors (Lipinski definition) is 4. The van der Waals surface area contributed by atoms with Gasteiger partial charge in [0.05, 0.1) is 0 Å². The van der Waals surface area contributed by atoms with Gasteiger partial charge in [-0.3, -0.25) is 4.79 Å². The number of carbonyl (C=O) groups excluding carboxylic acids is 2. The molecule has 1 aromatic carbocycles. The molecule has 2 aromatic rings. The minimum absolute atomic E-state index is 0.0657. The first-order valence-electron chi connectivity index (χ1n) is 11.0. The van der Waals surface area contributed by atoms with E-state index in [1.165, 1.54) is 12.5 Å². The zero-order valence-electron chi connectivity index (χ0n) is 18.4. The molecule has 1 fully saturated rings. The number of aromatic nitrogens is 1. The standard InChI is InChI=1S/C23H30N4O5/c1-14(2)12-19(22(29)30)26-21(28)20-13-18(27-32-20)15-8-10-17(11-9-15)25-23(31)24-16-6-4-3-5-7-16/h8-11,13-14,16,19H,3-7,12H2,1-2H3,(H,26,28)(H,29,30)(H2,24,25,31)/t19-/m0/s1. The largest absolute Gasteiger partial charge is 0.480 e. The molecule has 0 aliphatic heterocycles. The average Bonchev–Trinajstić information content (AvgIpc) is 3.24. The van der Waals surface area contributed by atoms with Crippen molar-refractivity contribution in [1.29, 1.82) is 0 Å². The third-order valence-corrected chi connectivity index (χ3v) is 5.42. The number of carbonyl (C=O) groups is 3. The number of nitrogens with zero attached hydrogens (tertiary/aromatic N) is 1. The fourth-order valence-electron chi connectivity index (χ4n) is 3.76. The van der Waals surface area contributed by atoms with Crippen molar-refractivity contribution < 1.29 is 24.0 Å². The lowest BCUT2D eigenvalue weighted by atomic mass is 9.96. The van der Waals surface area contributed by atoms with Gasteiger partial charge in [-0.1, -0.05) is 50.4 Å². The Morgan fingerprint density at radius 2 is 1.81 bits per heavy atom. The number of urea groups is 1. The second-order valence-electron chi connectivity index (χ2n) is 8.58. The van der Waals surface area contributed by atoms with Crippen molar-refractivity contribution in [3.63, 3.8) is 0 Å². The highest BCUT2D eigenvalue weighted by molar-refractivity contribution is 5.95. The second kappa shape index (κ2) is 10.8. The third kappa shape index (κ3) is 6.57. The zero-order chi connectivity index (χ0) is 23.1. The Kier molecular flexibility index (Phi) is 7.86. The molecule has 1 aliphatic carbocycles. The molecule has 172 valence electrons.